The van der Waals surface area contributed by atoms with Gasteiger partial charge in [0.1, 0.15) is 0 Å². The second-order valence-corrected chi connectivity index (χ2v) is 2.67. The Hall–Kier alpha value is -0.530. The SMILES string of the molecule is CCC1(CC)CNC1=O. The fourth-order valence-corrected chi connectivity index (χ4v) is 1.23. The molecule has 1 rings (SSSR count). The van der Waals surface area contributed by atoms with Gasteiger partial charge in [0, 0.05) is 6.54 Å². The van der Waals surface area contributed by atoms with Gasteiger partial charge in [-0.3, -0.25) is 4.79 Å². The summed E-state index contributed by atoms with van der Waals surface area (Å²) in [4.78, 5) is 10.9. The predicted octanol–water partition coefficient (Wildman–Crippen LogP) is 0.923. The molecule has 52 valence electrons. The van der Waals surface area contributed by atoms with Crippen LogP contribution >= 0.6 is 0 Å². The van der Waals surface area contributed by atoms with Crippen LogP contribution in [0, 0.1) is 5.41 Å². The van der Waals surface area contributed by atoms with Gasteiger partial charge in [0.05, 0.1) is 5.41 Å². The lowest BCUT2D eigenvalue weighted by Gasteiger charge is -2.39. The Morgan fingerprint density at radius 3 is 2.11 bits per heavy atom. The van der Waals surface area contributed by atoms with Crippen molar-refractivity contribution in [3.8, 4) is 0 Å². The van der Waals surface area contributed by atoms with E-state index in [-0.39, 0.29) is 11.3 Å². The molecule has 2 heteroatoms. The minimum Gasteiger partial charge on any atom is -0.354 e. The highest BCUT2D eigenvalue weighted by Gasteiger charge is 2.42. The van der Waals surface area contributed by atoms with Gasteiger partial charge in [0.2, 0.25) is 5.91 Å². The van der Waals surface area contributed by atoms with E-state index in [9.17, 15) is 4.79 Å². The van der Waals surface area contributed by atoms with E-state index < -0.39 is 0 Å². The molecule has 0 aromatic heterocycles. The number of rotatable bonds is 2. The molecule has 9 heavy (non-hydrogen) atoms. The molecule has 0 atom stereocenters. The minimum atomic E-state index is 0.0139. The van der Waals surface area contributed by atoms with Crippen LogP contribution in [-0.2, 0) is 4.79 Å². The largest absolute Gasteiger partial charge is 0.354 e. The topological polar surface area (TPSA) is 29.1 Å². The second kappa shape index (κ2) is 2.01. The molecular weight excluding hydrogens is 114 g/mol. The van der Waals surface area contributed by atoms with Crippen molar-refractivity contribution in [2.75, 3.05) is 6.54 Å². The number of carbonyl (C=O) groups excluding carboxylic acids is 1. The van der Waals surface area contributed by atoms with Crippen molar-refractivity contribution in [3.63, 3.8) is 0 Å². The van der Waals surface area contributed by atoms with Crippen molar-refractivity contribution < 1.29 is 4.79 Å². The summed E-state index contributed by atoms with van der Waals surface area (Å²) >= 11 is 0. The van der Waals surface area contributed by atoms with Gasteiger partial charge in [-0.05, 0) is 12.8 Å². The maximum Gasteiger partial charge on any atom is 0.228 e. The number of hydrogen-bond donors (Lipinski definition) is 1. The van der Waals surface area contributed by atoms with Crippen LogP contribution in [0.3, 0.4) is 0 Å². The zero-order valence-corrected chi connectivity index (χ0v) is 6.03. The van der Waals surface area contributed by atoms with Gasteiger partial charge in [0.25, 0.3) is 0 Å². The summed E-state index contributed by atoms with van der Waals surface area (Å²) < 4.78 is 0. The summed E-state index contributed by atoms with van der Waals surface area (Å²) in [5.41, 5.74) is 0.0139. The molecule has 2 nitrogen and oxygen atoms in total. The normalized spacial score (nSPS) is 22.7. The third-order valence-corrected chi connectivity index (χ3v) is 2.42. The van der Waals surface area contributed by atoms with Gasteiger partial charge in [0.15, 0.2) is 0 Å². The van der Waals surface area contributed by atoms with Gasteiger partial charge in [-0.15, -0.1) is 0 Å². The maximum atomic E-state index is 10.9. The average Bonchev–Trinajstić information content (AvgIpc) is 1.89. The lowest BCUT2D eigenvalue weighted by Crippen LogP contribution is -2.58. The van der Waals surface area contributed by atoms with E-state index in [0.717, 1.165) is 19.4 Å². The molecule has 1 N–H and O–H groups in total. The highest BCUT2D eigenvalue weighted by Crippen LogP contribution is 2.31. The zero-order chi connectivity index (χ0) is 6.91. The van der Waals surface area contributed by atoms with Crippen LogP contribution in [0.1, 0.15) is 26.7 Å². The minimum absolute atomic E-state index is 0.0139. The van der Waals surface area contributed by atoms with Crippen LogP contribution in [0.5, 0.6) is 0 Å². The van der Waals surface area contributed by atoms with Gasteiger partial charge in [-0.1, -0.05) is 13.8 Å². The quantitative estimate of drug-likeness (QED) is 0.549. The van der Waals surface area contributed by atoms with E-state index in [1.165, 1.54) is 0 Å². The molecule has 1 amide bonds. The molecule has 1 saturated heterocycles. The molecule has 1 heterocycles. The van der Waals surface area contributed by atoms with Gasteiger partial charge < -0.3 is 5.32 Å². The Morgan fingerprint density at radius 2 is 2.11 bits per heavy atom. The van der Waals surface area contributed by atoms with Crippen molar-refractivity contribution in [2.45, 2.75) is 26.7 Å². The molecular formula is C7H13NO. The summed E-state index contributed by atoms with van der Waals surface area (Å²) in [6, 6.07) is 0. The van der Waals surface area contributed by atoms with Crippen LogP contribution in [0.15, 0.2) is 0 Å². The van der Waals surface area contributed by atoms with Crippen LogP contribution < -0.4 is 5.32 Å². The average molecular weight is 127 g/mol. The fraction of sp³-hybridized carbons (Fsp3) is 0.857. The fourth-order valence-electron chi connectivity index (χ4n) is 1.23. The van der Waals surface area contributed by atoms with Gasteiger partial charge >= 0.3 is 0 Å². The molecule has 1 aliphatic rings. The number of hydrogen-bond acceptors (Lipinski definition) is 1. The van der Waals surface area contributed by atoms with Crippen LogP contribution in [0.25, 0.3) is 0 Å². The molecule has 0 radical (unpaired) electrons. The third-order valence-electron chi connectivity index (χ3n) is 2.42. The van der Waals surface area contributed by atoms with Crippen molar-refractivity contribution >= 4 is 5.91 Å². The van der Waals surface area contributed by atoms with E-state index in [1.54, 1.807) is 0 Å². The van der Waals surface area contributed by atoms with Crippen LogP contribution in [0.4, 0.5) is 0 Å². The molecule has 0 saturated carbocycles. The van der Waals surface area contributed by atoms with Crippen LogP contribution in [0.2, 0.25) is 0 Å². The lowest BCUT2D eigenvalue weighted by atomic mass is 9.76. The monoisotopic (exact) mass is 127 g/mol. The molecule has 0 aromatic rings. The first-order valence-electron chi connectivity index (χ1n) is 3.53. The van der Waals surface area contributed by atoms with Crippen molar-refractivity contribution in [1.29, 1.82) is 0 Å². The summed E-state index contributed by atoms with van der Waals surface area (Å²) in [5, 5.41) is 2.76. The Morgan fingerprint density at radius 1 is 1.56 bits per heavy atom. The Labute approximate surface area is 55.6 Å². The second-order valence-electron chi connectivity index (χ2n) is 2.67. The Kier molecular flexibility index (Phi) is 1.47. The van der Waals surface area contributed by atoms with Crippen LogP contribution in [-0.4, -0.2) is 12.5 Å². The molecule has 0 spiro atoms. The maximum absolute atomic E-state index is 10.9. The number of amides is 1. The van der Waals surface area contributed by atoms with E-state index in [0.29, 0.717) is 0 Å². The molecule has 0 aromatic carbocycles. The molecule has 0 unspecified atom stereocenters. The van der Waals surface area contributed by atoms with Crippen molar-refractivity contribution in [1.82, 2.24) is 5.32 Å². The molecule has 0 bridgehead atoms. The lowest BCUT2D eigenvalue weighted by molar-refractivity contribution is -0.140. The van der Waals surface area contributed by atoms with E-state index >= 15 is 0 Å². The summed E-state index contributed by atoms with van der Waals surface area (Å²) in [7, 11) is 0. The Balaban J connectivity index is 2.58. The Bertz CT molecular complexity index is 121. The number of β-lactam (4-membered cyclic amide) rings is 1. The first-order valence-corrected chi connectivity index (χ1v) is 3.53. The number of nitrogens with one attached hydrogen (secondary N) is 1. The van der Waals surface area contributed by atoms with E-state index in [4.69, 9.17) is 0 Å². The van der Waals surface area contributed by atoms with Gasteiger partial charge in [-0.2, -0.15) is 0 Å². The smallest absolute Gasteiger partial charge is 0.228 e. The summed E-state index contributed by atoms with van der Waals surface area (Å²) in [6.45, 7) is 5.03. The summed E-state index contributed by atoms with van der Waals surface area (Å²) in [5.74, 6) is 0.243. The molecule has 0 aliphatic carbocycles. The van der Waals surface area contributed by atoms with Gasteiger partial charge in [-0.25, -0.2) is 0 Å². The summed E-state index contributed by atoms with van der Waals surface area (Å²) in [6.07, 6.45) is 1.96. The first kappa shape index (κ1) is 6.59. The molecule has 1 aliphatic heterocycles. The third kappa shape index (κ3) is 0.732. The first-order chi connectivity index (χ1) is 4.25. The molecule has 1 fully saturated rings. The highest BCUT2D eigenvalue weighted by atomic mass is 16.2. The highest BCUT2D eigenvalue weighted by molar-refractivity contribution is 5.88. The predicted molar refractivity (Wildman–Crippen MR) is 36.0 cm³/mol. The number of carbonyl (C=O) groups is 1. The standard InChI is InChI=1S/C7H13NO/c1-3-7(4-2)5-8-6(7)9/h3-5H2,1-2H3,(H,8,9). The van der Waals surface area contributed by atoms with Crippen molar-refractivity contribution in [2.24, 2.45) is 5.41 Å². The van der Waals surface area contributed by atoms with Crippen molar-refractivity contribution in [3.05, 3.63) is 0 Å². The van der Waals surface area contributed by atoms with E-state index in [1.807, 2.05) is 0 Å². The zero-order valence-electron chi connectivity index (χ0n) is 6.03. The van der Waals surface area contributed by atoms with E-state index in [2.05, 4.69) is 19.2 Å².